The number of ether oxygens (including phenoxy) is 2. The highest BCUT2D eigenvalue weighted by atomic mass is 16.5. The lowest BCUT2D eigenvalue weighted by Crippen LogP contribution is -2.05. The smallest absolute Gasteiger partial charge is 0.222 e. The average Bonchev–Trinajstić information content (AvgIpc) is 2.45. The first-order valence-corrected chi connectivity index (χ1v) is 6.09. The van der Waals surface area contributed by atoms with Gasteiger partial charge >= 0.3 is 0 Å². The molecule has 0 aliphatic carbocycles. The Kier molecular flexibility index (Phi) is 4.18. The Morgan fingerprint density at radius 3 is 2.84 bits per heavy atom. The van der Waals surface area contributed by atoms with Crippen LogP contribution in [0, 0.1) is 0 Å². The van der Waals surface area contributed by atoms with Crippen molar-refractivity contribution in [3.05, 3.63) is 41.7 Å². The first kappa shape index (κ1) is 13.1. The number of nitrogen functional groups attached to an aromatic ring is 1. The fourth-order valence-corrected chi connectivity index (χ4v) is 1.78. The molecule has 1 heterocycles. The normalized spacial score (nSPS) is 10.2. The van der Waals surface area contributed by atoms with Crippen molar-refractivity contribution in [3.8, 4) is 11.6 Å². The number of nitrogens with zero attached hydrogens (tertiary/aromatic N) is 2. The van der Waals surface area contributed by atoms with Crippen LogP contribution in [0.3, 0.4) is 0 Å². The molecule has 0 atom stereocenters. The highest BCUT2D eigenvalue weighted by Crippen LogP contribution is 2.21. The molecule has 2 N–H and O–H groups in total. The third-order valence-electron chi connectivity index (χ3n) is 2.80. The average molecular weight is 259 g/mol. The van der Waals surface area contributed by atoms with Gasteiger partial charge in [0.05, 0.1) is 12.7 Å². The second-order valence-electron chi connectivity index (χ2n) is 4.04. The number of aromatic nitrogens is 2. The minimum Gasteiger partial charge on any atom is -0.497 e. The van der Waals surface area contributed by atoms with E-state index in [0.717, 1.165) is 23.3 Å². The number of hydrogen-bond donors (Lipinski definition) is 1. The van der Waals surface area contributed by atoms with E-state index in [1.807, 2.05) is 31.2 Å². The summed E-state index contributed by atoms with van der Waals surface area (Å²) in [5, 5.41) is 0. The molecule has 2 aromatic rings. The SMILES string of the molecule is CCc1c(N)ncnc1OCc1cccc(OC)c1. The van der Waals surface area contributed by atoms with Gasteiger partial charge in [0.2, 0.25) is 5.88 Å². The van der Waals surface area contributed by atoms with Crippen LogP contribution in [0.1, 0.15) is 18.1 Å². The van der Waals surface area contributed by atoms with E-state index in [2.05, 4.69) is 9.97 Å². The summed E-state index contributed by atoms with van der Waals surface area (Å²) in [6.07, 6.45) is 2.15. The Morgan fingerprint density at radius 2 is 2.11 bits per heavy atom. The van der Waals surface area contributed by atoms with Gasteiger partial charge in [-0.3, -0.25) is 0 Å². The number of anilines is 1. The Bertz CT molecular complexity index is 558. The lowest BCUT2D eigenvalue weighted by molar-refractivity contribution is 0.289. The zero-order valence-electron chi connectivity index (χ0n) is 11.1. The summed E-state index contributed by atoms with van der Waals surface area (Å²) in [5.41, 5.74) is 7.65. The molecule has 0 saturated heterocycles. The van der Waals surface area contributed by atoms with Crippen LogP contribution >= 0.6 is 0 Å². The van der Waals surface area contributed by atoms with Crippen LogP contribution in [0.4, 0.5) is 5.82 Å². The van der Waals surface area contributed by atoms with Crippen molar-refractivity contribution in [3.63, 3.8) is 0 Å². The number of rotatable bonds is 5. The first-order chi connectivity index (χ1) is 9.24. The van der Waals surface area contributed by atoms with E-state index in [9.17, 15) is 0 Å². The standard InChI is InChI=1S/C14H17N3O2/c1-3-12-13(15)16-9-17-14(12)19-8-10-5-4-6-11(7-10)18-2/h4-7,9H,3,8H2,1-2H3,(H2,15,16,17). The summed E-state index contributed by atoms with van der Waals surface area (Å²) in [6.45, 7) is 2.41. The van der Waals surface area contributed by atoms with Gasteiger partial charge in [-0.2, -0.15) is 0 Å². The van der Waals surface area contributed by atoms with Crippen LogP contribution in [0.2, 0.25) is 0 Å². The molecule has 0 fully saturated rings. The maximum atomic E-state index is 5.80. The zero-order valence-corrected chi connectivity index (χ0v) is 11.1. The predicted molar refractivity (Wildman–Crippen MR) is 73.1 cm³/mol. The molecule has 2 rings (SSSR count). The molecule has 0 bridgehead atoms. The highest BCUT2D eigenvalue weighted by Gasteiger charge is 2.08. The van der Waals surface area contributed by atoms with Gasteiger partial charge < -0.3 is 15.2 Å². The molecule has 0 aliphatic rings. The molecule has 0 aliphatic heterocycles. The molecule has 100 valence electrons. The molecule has 0 amide bonds. The minimum absolute atomic E-state index is 0.417. The quantitative estimate of drug-likeness (QED) is 0.891. The maximum Gasteiger partial charge on any atom is 0.222 e. The third-order valence-corrected chi connectivity index (χ3v) is 2.80. The molecule has 0 radical (unpaired) electrons. The van der Waals surface area contributed by atoms with Crippen molar-refractivity contribution in [1.29, 1.82) is 0 Å². The molecule has 0 spiro atoms. The molecule has 1 aromatic heterocycles. The maximum absolute atomic E-state index is 5.80. The summed E-state index contributed by atoms with van der Waals surface area (Å²) < 4.78 is 10.9. The van der Waals surface area contributed by atoms with Gasteiger partial charge in [0.15, 0.2) is 0 Å². The van der Waals surface area contributed by atoms with E-state index >= 15 is 0 Å². The second-order valence-corrected chi connectivity index (χ2v) is 4.04. The second kappa shape index (κ2) is 6.04. The van der Waals surface area contributed by atoms with Gasteiger partial charge in [0.1, 0.15) is 24.5 Å². The van der Waals surface area contributed by atoms with Gasteiger partial charge in [0, 0.05) is 0 Å². The summed E-state index contributed by atoms with van der Waals surface area (Å²) in [6, 6.07) is 7.71. The van der Waals surface area contributed by atoms with Gasteiger partial charge in [-0.05, 0) is 24.1 Å². The molecular formula is C14H17N3O2. The van der Waals surface area contributed by atoms with Crippen molar-refractivity contribution in [2.75, 3.05) is 12.8 Å². The molecule has 0 unspecified atom stereocenters. The van der Waals surface area contributed by atoms with Crippen LogP contribution in [0.25, 0.3) is 0 Å². The molecule has 5 nitrogen and oxygen atoms in total. The van der Waals surface area contributed by atoms with E-state index in [-0.39, 0.29) is 0 Å². The number of hydrogen-bond acceptors (Lipinski definition) is 5. The Balaban J connectivity index is 2.12. The fourth-order valence-electron chi connectivity index (χ4n) is 1.78. The zero-order chi connectivity index (χ0) is 13.7. The molecule has 1 aromatic carbocycles. The van der Waals surface area contributed by atoms with Crippen LogP contribution in [0.5, 0.6) is 11.6 Å². The topological polar surface area (TPSA) is 70.3 Å². The van der Waals surface area contributed by atoms with E-state index in [1.165, 1.54) is 6.33 Å². The van der Waals surface area contributed by atoms with Crippen LogP contribution < -0.4 is 15.2 Å². The summed E-state index contributed by atoms with van der Waals surface area (Å²) in [4.78, 5) is 8.08. The largest absolute Gasteiger partial charge is 0.497 e. The Morgan fingerprint density at radius 1 is 1.26 bits per heavy atom. The highest BCUT2D eigenvalue weighted by molar-refractivity contribution is 5.44. The van der Waals surface area contributed by atoms with Gasteiger partial charge in [-0.1, -0.05) is 19.1 Å². The minimum atomic E-state index is 0.417. The van der Waals surface area contributed by atoms with E-state index in [4.69, 9.17) is 15.2 Å². The van der Waals surface area contributed by atoms with Gasteiger partial charge in [0.25, 0.3) is 0 Å². The van der Waals surface area contributed by atoms with Crippen molar-refractivity contribution in [2.24, 2.45) is 0 Å². The summed E-state index contributed by atoms with van der Waals surface area (Å²) >= 11 is 0. The molecular weight excluding hydrogens is 242 g/mol. The molecule has 0 saturated carbocycles. The van der Waals surface area contributed by atoms with Gasteiger partial charge in [-0.15, -0.1) is 0 Å². The van der Waals surface area contributed by atoms with Gasteiger partial charge in [-0.25, -0.2) is 9.97 Å². The van der Waals surface area contributed by atoms with Crippen LogP contribution in [-0.4, -0.2) is 17.1 Å². The Hall–Kier alpha value is -2.30. The van der Waals surface area contributed by atoms with Crippen molar-refractivity contribution < 1.29 is 9.47 Å². The van der Waals surface area contributed by atoms with E-state index in [0.29, 0.717) is 18.3 Å². The van der Waals surface area contributed by atoms with Crippen LogP contribution in [-0.2, 0) is 13.0 Å². The van der Waals surface area contributed by atoms with Crippen LogP contribution in [0.15, 0.2) is 30.6 Å². The van der Waals surface area contributed by atoms with Crippen molar-refractivity contribution in [1.82, 2.24) is 9.97 Å². The molecule has 5 heteroatoms. The number of nitrogens with two attached hydrogens (primary N) is 1. The third kappa shape index (κ3) is 3.13. The predicted octanol–water partition coefficient (Wildman–Crippen LogP) is 2.21. The van der Waals surface area contributed by atoms with E-state index < -0.39 is 0 Å². The number of methoxy groups -OCH3 is 1. The monoisotopic (exact) mass is 259 g/mol. The molecule has 19 heavy (non-hydrogen) atoms. The van der Waals surface area contributed by atoms with Crippen molar-refractivity contribution >= 4 is 5.82 Å². The fraction of sp³-hybridized carbons (Fsp3) is 0.286. The lowest BCUT2D eigenvalue weighted by Gasteiger charge is -2.10. The van der Waals surface area contributed by atoms with Crippen molar-refractivity contribution in [2.45, 2.75) is 20.0 Å². The first-order valence-electron chi connectivity index (χ1n) is 6.09. The summed E-state index contributed by atoms with van der Waals surface area (Å²) in [7, 11) is 1.64. The summed E-state index contributed by atoms with van der Waals surface area (Å²) in [5.74, 6) is 1.81. The van der Waals surface area contributed by atoms with E-state index in [1.54, 1.807) is 7.11 Å². The Labute approximate surface area is 112 Å². The number of benzene rings is 1. The lowest BCUT2D eigenvalue weighted by atomic mass is 10.2.